The fourth-order valence-corrected chi connectivity index (χ4v) is 4.06. The van der Waals surface area contributed by atoms with Crippen molar-refractivity contribution in [3.63, 3.8) is 0 Å². The number of carboxylic acids is 1. The molecule has 0 amide bonds. The average Bonchev–Trinajstić information content (AvgIpc) is 2.44. The van der Waals surface area contributed by atoms with Crippen molar-refractivity contribution >= 4 is 50.5 Å². The molecule has 0 fully saturated rings. The Hall–Kier alpha value is -0.340. The van der Waals surface area contributed by atoms with Crippen LogP contribution in [0.25, 0.3) is 0 Å². The fraction of sp³-hybridized carbons (Fsp3) is 0.286. The maximum absolute atomic E-state index is 11.6. The molecule has 1 aromatic heterocycles. The summed E-state index contributed by atoms with van der Waals surface area (Å²) in [4.78, 5) is 10.1. The number of hydrogen-bond donors (Lipinski definition) is 2. The van der Waals surface area contributed by atoms with Crippen LogP contribution in [0.1, 0.15) is 6.42 Å². The molecule has 90 valence electrons. The minimum absolute atomic E-state index is 0.0489. The first-order valence-corrected chi connectivity index (χ1v) is 7.05. The van der Waals surface area contributed by atoms with Gasteiger partial charge in [0.1, 0.15) is 9.23 Å². The van der Waals surface area contributed by atoms with Gasteiger partial charge >= 0.3 is 5.97 Å². The van der Waals surface area contributed by atoms with E-state index in [1.54, 1.807) is 0 Å². The van der Waals surface area contributed by atoms with Crippen LogP contribution < -0.4 is 4.72 Å². The van der Waals surface area contributed by atoms with Crippen molar-refractivity contribution in [3.05, 3.63) is 14.7 Å². The third-order valence-electron chi connectivity index (χ3n) is 1.55. The molecule has 0 aliphatic rings. The Morgan fingerprint density at radius 1 is 1.50 bits per heavy atom. The smallest absolute Gasteiger partial charge is 0.304 e. The molecular weight excluding hydrogens is 297 g/mol. The summed E-state index contributed by atoms with van der Waals surface area (Å²) in [6.07, 6.45) is -0.297. The van der Waals surface area contributed by atoms with Crippen molar-refractivity contribution in [2.75, 3.05) is 6.54 Å². The van der Waals surface area contributed by atoms with E-state index in [1.165, 1.54) is 6.07 Å². The van der Waals surface area contributed by atoms with Gasteiger partial charge in [-0.2, -0.15) is 0 Å². The molecule has 0 atom stereocenters. The molecule has 0 aromatic carbocycles. The first-order chi connectivity index (χ1) is 7.33. The second-order valence-corrected chi connectivity index (χ2v) is 6.75. The Morgan fingerprint density at radius 2 is 2.12 bits per heavy atom. The van der Waals surface area contributed by atoms with Crippen LogP contribution in [0.15, 0.2) is 11.0 Å². The van der Waals surface area contributed by atoms with E-state index in [-0.39, 0.29) is 26.5 Å². The van der Waals surface area contributed by atoms with E-state index in [0.29, 0.717) is 0 Å². The van der Waals surface area contributed by atoms with Crippen molar-refractivity contribution in [1.82, 2.24) is 4.72 Å². The predicted octanol–water partition coefficient (Wildman–Crippen LogP) is 1.81. The Balaban J connectivity index is 2.78. The van der Waals surface area contributed by atoms with Crippen LogP contribution in [0.3, 0.4) is 0 Å². The van der Waals surface area contributed by atoms with Gasteiger partial charge in [-0.25, -0.2) is 13.1 Å². The van der Waals surface area contributed by atoms with Gasteiger partial charge in [0.25, 0.3) is 0 Å². The second kappa shape index (κ2) is 5.33. The minimum atomic E-state index is -3.79. The van der Waals surface area contributed by atoms with Crippen LogP contribution in [0.5, 0.6) is 0 Å². The van der Waals surface area contributed by atoms with E-state index in [4.69, 9.17) is 28.3 Å². The van der Waals surface area contributed by atoms with Crippen molar-refractivity contribution in [2.24, 2.45) is 0 Å². The highest BCUT2D eigenvalue weighted by molar-refractivity contribution is 7.89. The molecule has 0 saturated heterocycles. The summed E-state index contributed by atoms with van der Waals surface area (Å²) in [5.41, 5.74) is 0. The molecule has 2 N–H and O–H groups in total. The van der Waals surface area contributed by atoms with Gasteiger partial charge in [0, 0.05) is 6.54 Å². The van der Waals surface area contributed by atoms with Gasteiger partial charge < -0.3 is 5.11 Å². The summed E-state index contributed by atoms with van der Waals surface area (Å²) < 4.78 is 25.6. The topological polar surface area (TPSA) is 83.5 Å². The van der Waals surface area contributed by atoms with E-state index in [9.17, 15) is 13.2 Å². The average molecular weight is 304 g/mol. The first-order valence-electron chi connectivity index (χ1n) is 3.99. The predicted molar refractivity (Wildman–Crippen MR) is 61.8 cm³/mol. The molecule has 0 saturated carbocycles. The lowest BCUT2D eigenvalue weighted by Gasteiger charge is -2.03. The zero-order valence-corrected chi connectivity index (χ0v) is 10.9. The SMILES string of the molecule is O=C(O)CCNS(=O)(=O)c1cc(Cl)sc1Cl. The number of thiophene rings is 1. The maximum atomic E-state index is 11.6. The number of nitrogens with one attached hydrogen (secondary N) is 1. The summed E-state index contributed by atoms with van der Waals surface area (Å²) in [5.74, 6) is -1.09. The van der Waals surface area contributed by atoms with Gasteiger partial charge in [-0.3, -0.25) is 4.79 Å². The van der Waals surface area contributed by atoms with Crippen molar-refractivity contribution in [3.8, 4) is 0 Å². The number of rotatable bonds is 5. The monoisotopic (exact) mass is 303 g/mol. The van der Waals surface area contributed by atoms with E-state index in [1.807, 2.05) is 0 Å². The standard InChI is InChI=1S/C7H7Cl2NO4S2/c8-5-3-4(7(9)15-5)16(13,14)10-2-1-6(11)12/h3,10H,1-2H2,(H,11,12). The molecule has 0 aliphatic heterocycles. The zero-order chi connectivity index (χ0) is 12.3. The summed E-state index contributed by atoms with van der Waals surface area (Å²) in [5, 5.41) is 8.36. The van der Waals surface area contributed by atoms with Gasteiger partial charge in [-0.05, 0) is 6.07 Å². The Bertz CT molecular complexity index is 496. The lowest BCUT2D eigenvalue weighted by molar-refractivity contribution is -0.136. The quantitative estimate of drug-likeness (QED) is 0.869. The highest BCUT2D eigenvalue weighted by Crippen LogP contribution is 2.33. The van der Waals surface area contributed by atoms with E-state index in [0.717, 1.165) is 11.3 Å². The lowest BCUT2D eigenvalue weighted by Crippen LogP contribution is -2.26. The molecule has 0 bridgehead atoms. The number of carbonyl (C=O) groups is 1. The molecule has 0 aliphatic carbocycles. The van der Waals surface area contributed by atoms with Crippen LogP contribution >= 0.6 is 34.5 Å². The third-order valence-corrected chi connectivity index (χ3v) is 4.76. The van der Waals surface area contributed by atoms with Crippen LogP contribution in [-0.4, -0.2) is 26.0 Å². The van der Waals surface area contributed by atoms with Crippen molar-refractivity contribution in [1.29, 1.82) is 0 Å². The molecule has 16 heavy (non-hydrogen) atoms. The van der Waals surface area contributed by atoms with Crippen molar-refractivity contribution < 1.29 is 18.3 Å². The van der Waals surface area contributed by atoms with Gasteiger partial charge in [0.15, 0.2) is 0 Å². The van der Waals surface area contributed by atoms with Gasteiger partial charge in [0.2, 0.25) is 10.0 Å². The number of hydrogen-bond acceptors (Lipinski definition) is 4. The van der Waals surface area contributed by atoms with E-state index < -0.39 is 16.0 Å². The molecule has 1 rings (SSSR count). The number of aliphatic carboxylic acids is 1. The number of sulfonamides is 1. The molecule has 0 unspecified atom stereocenters. The second-order valence-electron chi connectivity index (χ2n) is 2.73. The Morgan fingerprint density at radius 3 is 2.56 bits per heavy atom. The maximum Gasteiger partial charge on any atom is 0.304 e. The summed E-state index contributed by atoms with van der Waals surface area (Å²) >= 11 is 12.2. The molecular formula is C7H7Cl2NO4S2. The first kappa shape index (κ1) is 13.7. The van der Waals surface area contributed by atoms with Crippen LogP contribution in [0.4, 0.5) is 0 Å². The minimum Gasteiger partial charge on any atom is -0.481 e. The summed E-state index contributed by atoms with van der Waals surface area (Å²) in [6, 6.07) is 1.22. The fourth-order valence-electron chi connectivity index (χ4n) is 0.878. The van der Waals surface area contributed by atoms with E-state index in [2.05, 4.69) is 4.72 Å². The molecule has 1 heterocycles. The highest BCUT2D eigenvalue weighted by Gasteiger charge is 2.20. The lowest BCUT2D eigenvalue weighted by atomic mass is 10.5. The molecule has 0 radical (unpaired) electrons. The zero-order valence-electron chi connectivity index (χ0n) is 7.74. The van der Waals surface area contributed by atoms with Crippen molar-refractivity contribution in [2.45, 2.75) is 11.3 Å². The number of halogens is 2. The Kier molecular flexibility index (Phi) is 4.57. The summed E-state index contributed by atoms with van der Waals surface area (Å²) in [6.45, 7) is -0.193. The van der Waals surface area contributed by atoms with Crippen LogP contribution in [0.2, 0.25) is 8.67 Å². The molecule has 9 heteroatoms. The highest BCUT2D eigenvalue weighted by atomic mass is 35.5. The summed E-state index contributed by atoms with van der Waals surface area (Å²) in [7, 11) is -3.79. The van der Waals surface area contributed by atoms with Gasteiger partial charge in [-0.15, -0.1) is 11.3 Å². The van der Waals surface area contributed by atoms with E-state index >= 15 is 0 Å². The third kappa shape index (κ3) is 3.60. The molecule has 5 nitrogen and oxygen atoms in total. The van der Waals surface area contributed by atoms with Crippen LogP contribution in [-0.2, 0) is 14.8 Å². The van der Waals surface area contributed by atoms with Gasteiger partial charge in [-0.1, -0.05) is 23.2 Å². The van der Waals surface area contributed by atoms with Gasteiger partial charge in [0.05, 0.1) is 10.8 Å². The molecule has 0 spiro atoms. The van der Waals surface area contributed by atoms with Crippen LogP contribution in [0, 0.1) is 0 Å². The number of carboxylic acid groups (broad SMARTS) is 1. The Labute approximate surface area is 106 Å². The molecule has 1 aromatic rings. The largest absolute Gasteiger partial charge is 0.481 e. The normalized spacial score (nSPS) is 11.6.